The smallest absolute Gasteiger partial charge is 0.221 e. The summed E-state index contributed by atoms with van der Waals surface area (Å²) in [6.07, 6.45) is 2.51. The molecule has 8 heteroatoms. The summed E-state index contributed by atoms with van der Waals surface area (Å²) in [4.78, 5) is 4.60. The SMILES string of the molecule is CN(Cc1ccccc1N1CCCC1)Cn1nnn(-c2cccc(F)c2)c1=S. The van der Waals surface area contributed by atoms with Gasteiger partial charge >= 0.3 is 0 Å². The third kappa shape index (κ3) is 3.98. The topological polar surface area (TPSA) is 42.1 Å². The van der Waals surface area contributed by atoms with Crippen molar-refractivity contribution in [3.63, 3.8) is 0 Å². The summed E-state index contributed by atoms with van der Waals surface area (Å²) < 4.78 is 17.1. The van der Waals surface area contributed by atoms with Crippen LogP contribution in [-0.4, -0.2) is 44.8 Å². The van der Waals surface area contributed by atoms with Crippen LogP contribution >= 0.6 is 12.2 Å². The molecule has 4 rings (SSSR count). The number of anilines is 1. The first kappa shape index (κ1) is 18.8. The maximum atomic E-state index is 13.5. The number of hydrogen-bond donors (Lipinski definition) is 0. The first-order valence-corrected chi connectivity index (χ1v) is 9.83. The highest BCUT2D eigenvalue weighted by Gasteiger charge is 2.16. The molecule has 146 valence electrons. The van der Waals surface area contributed by atoms with Gasteiger partial charge in [-0.3, -0.25) is 4.90 Å². The molecule has 0 aliphatic carbocycles. The molecule has 0 N–H and O–H groups in total. The molecule has 0 spiro atoms. The summed E-state index contributed by atoms with van der Waals surface area (Å²) in [7, 11) is 2.03. The summed E-state index contributed by atoms with van der Waals surface area (Å²) >= 11 is 5.49. The van der Waals surface area contributed by atoms with Gasteiger partial charge in [-0.2, -0.15) is 4.68 Å². The quantitative estimate of drug-likeness (QED) is 0.593. The third-order valence-corrected chi connectivity index (χ3v) is 5.33. The second-order valence-electron chi connectivity index (χ2n) is 7.13. The molecule has 6 nitrogen and oxygen atoms in total. The zero-order chi connectivity index (χ0) is 19.5. The number of benzene rings is 2. The molecule has 0 amide bonds. The van der Waals surface area contributed by atoms with Crippen molar-refractivity contribution >= 4 is 17.9 Å². The van der Waals surface area contributed by atoms with Gasteiger partial charge in [-0.05, 0) is 72.4 Å². The normalized spacial score (nSPS) is 14.2. The van der Waals surface area contributed by atoms with Crippen LogP contribution in [0.4, 0.5) is 10.1 Å². The Hall–Kier alpha value is -2.58. The van der Waals surface area contributed by atoms with E-state index in [1.54, 1.807) is 16.8 Å². The number of rotatable bonds is 6. The maximum Gasteiger partial charge on any atom is 0.221 e. The molecular formula is C20H23FN6S. The molecule has 1 aliphatic rings. The number of aromatic nitrogens is 4. The molecule has 0 atom stereocenters. The average Bonchev–Trinajstić information content (AvgIpc) is 3.33. The molecule has 0 radical (unpaired) electrons. The zero-order valence-corrected chi connectivity index (χ0v) is 16.6. The second-order valence-corrected chi connectivity index (χ2v) is 7.50. The van der Waals surface area contributed by atoms with Crippen molar-refractivity contribution in [1.29, 1.82) is 0 Å². The fourth-order valence-electron chi connectivity index (χ4n) is 3.61. The van der Waals surface area contributed by atoms with Gasteiger partial charge in [0.05, 0.1) is 12.4 Å². The Labute approximate surface area is 168 Å². The number of hydrogen-bond acceptors (Lipinski definition) is 5. The Kier molecular flexibility index (Phi) is 5.50. The molecule has 2 aromatic carbocycles. The molecule has 28 heavy (non-hydrogen) atoms. The number of halogens is 1. The van der Waals surface area contributed by atoms with Crippen molar-refractivity contribution in [3.8, 4) is 5.69 Å². The highest BCUT2D eigenvalue weighted by Crippen LogP contribution is 2.25. The van der Waals surface area contributed by atoms with Crippen molar-refractivity contribution in [2.45, 2.75) is 26.1 Å². The highest BCUT2D eigenvalue weighted by molar-refractivity contribution is 7.71. The minimum atomic E-state index is -0.329. The van der Waals surface area contributed by atoms with Crippen molar-refractivity contribution in [2.24, 2.45) is 0 Å². The molecule has 1 fully saturated rings. The lowest BCUT2D eigenvalue weighted by Crippen LogP contribution is -2.25. The molecule has 0 unspecified atom stereocenters. The van der Waals surface area contributed by atoms with Gasteiger partial charge < -0.3 is 4.90 Å². The Morgan fingerprint density at radius 2 is 1.86 bits per heavy atom. The minimum Gasteiger partial charge on any atom is -0.371 e. The van der Waals surface area contributed by atoms with Crippen LogP contribution in [0.5, 0.6) is 0 Å². The minimum absolute atomic E-state index is 0.329. The average molecular weight is 399 g/mol. The predicted octanol–water partition coefficient (Wildman–Crippen LogP) is 3.63. The number of para-hydroxylation sites is 1. The first-order chi connectivity index (χ1) is 13.6. The van der Waals surface area contributed by atoms with Crippen LogP contribution in [-0.2, 0) is 13.2 Å². The van der Waals surface area contributed by atoms with Gasteiger partial charge in [0.2, 0.25) is 4.77 Å². The fraction of sp³-hybridized carbons (Fsp3) is 0.350. The van der Waals surface area contributed by atoms with Crippen LogP contribution in [0.3, 0.4) is 0 Å². The van der Waals surface area contributed by atoms with Crippen LogP contribution in [0.1, 0.15) is 18.4 Å². The summed E-state index contributed by atoms with van der Waals surface area (Å²) in [5.74, 6) is -0.329. The van der Waals surface area contributed by atoms with Gasteiger partial charge in [0.1, 0.15) is 5.82 Å². The van der Waals surface area contributed by atoms with Gasteiger partial charge in [-0.15, -0.1) is 0 Å². The third-order valence-electron chi connectivity index (χ3n) is 4.95. The lowest BCUT2D eigenvalue weighted by Gasteiger charge is -2.24. The van der Waals surface area contributed by atoms with E-state index in [1.165, 1.54) is 40.9 Å². The van der Waals surface area contributed by atoms with E-state index in [1.807, 2.05) is 7.05 Å². The Morgan fingerprint density at radius 1 is 1.07 bits per heavy atom. The van der Waals surface area contributed by atoms with Gasteiger partial charge in [0.25, 0.3) is 0 Å². The molecule has 0 saturated carbocycles. The standard InChI is InChI=1S/C20H23FN6S/c1-24(14-16-7-2-3-10-19(16)25-11-4-5-12-25)15-26-20(28)27(23-22-26)18-9-6-8-17(21)13-18/h2-3,6-10,13H,4-5,11-12,14-15H2,1H3. The van der Waals surface area contributed by atoms with Gasteiger partial charge in [0, 0.05) is 25.3 Å². The van der Waals surface area contributed by atoms with Crippen LogP contribution in [0, 0.1) is 10.6 Å². The van der Waals surface area contributed by atoms with Crippen molar-refractivity contribution in [2.75, 3.05) is 25.0 Å². The number of nitrogens with zero attached hydrogens (tertiary/aromatic N) is 6. The first-order valence-electron chi connectivity index (χ1n) is 9.42. The highest BCUT2D eigenvalue weighted by atomic mass is 32.1. The monoisotopic (exact) mass is 398 g/mol. The van der Waals surface area contributed by atoms with E-state index in [-0.39, 0.29) is 5.82 Å². The van der Waals surface area contributed by atoms with E-state index in [0.717, 1.165) is 19.6 Å². The zero-order valence-electron chi connectivity index (χ0n) is 15.8. The fourth-order valence-corrected chi connectivity index (χ4v) is 3.85. The van der Waals surface area contributed by atoms with Gasteiger partial charge in [-0.1, -0.05) is 24.3 Å². The molecule has 0 bridgehead atoms. The van der Waals surface area contributed by atoms with Crippen molar-refractivity contribution < 1.29 is 4.39 Å². The lowest BCUT2D eigenvalue weighted by molar-refractivity contribution is 0.242. The van der Waals surface area contributed by atoms with Gasteiger partial charge in [0.15, 0.2) is 0 Å². The van der Waals surface area contributed by atoms with E-state index >= 15 is 0 Å². The van der Waals surface area contributed by atoms with E-state index < -0.39 is 0 Å². The molecule has 2 heterocycles. The van der Waals surface area contributed by atoms with Crippen LogP contribution in [0.15, 0.2) is 48.5 Å². The molecule has 3 aromatic rings. The van der Waals surface area contributed by atoms with Crippen LogP contribution in [0.2, 0.25) is 0 Å². The molecular weight excluding hydrogens is 375 g/mol. The molecule has 1 saturated heterocycles. The van der Waals surface area contributed by atoms with E-state index in [4.69, 9.17) is 12.2 Å². The van der Waals surface area contributed by atoms with Crippen molar-refractivity contribution in [3.05, 3.63) is 64.7 Å². The number of tetrazole rings is 1. The molecule has 1 aliphatic heterocycles. The summed E-state index contributed by atoms with van der Waals surface area (Å²) in [5.41, 5.74) is 3.16. The predicted molar refractivity (Wildman–Crippen MR) is 109 cm³/mol. The van der Waals surface area contributed by atoms with Crippen LogP contribution < -0.4 is 4.90 Å². The van der Waals surface area contributed by atoms with Crippen LogP contribution in [0.25, 0.3) is 5.69 Å². The Balaban J connectivity index is 1.49. The Bertz CT molecular complexity index is 1010. The Morgan fingerprint density at radius 3 is 2.64 bits per heavy atom. The summed E-state index contributed by atoms with van der Waals surface area (Å²) in [6.45, 7) is 3.52. The summed E-state index contributed by atoms with van der Waals surface area (Å²) in [5, 5.41) is 8.25. The second kappa shape index (κ2) is 8.20. The maximum absolute atomic E-state index is 13.5. The van der Waals surface area contributed by atoms with E-state index in [9.17, 15) is 4.39 Å². The summed E-state index contributed by atoms with van der Waals surface area (Å²) in [6, 6.07) is 14.7. The largest absolute Gasteiger partial charge is 0.371 e. The van der Waals surface area contributed by atoms with Gasteiger partial charge in [-0.25, -0.2) is 9.07 Å². The van der Waals surface area contributed by atoms with Crippen molar-refractivity contribution in [1.82, 2.24) is 24.7 Å². The van der Waals surface area contributed by atoms with E-state index in [0.29, 0.717) is 17.1 Å². The lowest BCUT2D eigenvalue weighted by atomic mass is 10.1. The molecule has 1 aromatic heterocycles. The van der Waals surface area contributed by atoms with E-state index in [2.05, 4.69) is 44.5 Å².